The lowest BCUT2D eigenvalue weighted by Gasteiger charge is -2.46. The molecule has 2 unspecified atom stereocenters. The van der Waals surface area contributed by atoms with E-state index in [0.29, 0.717) is 0 Å². The van der Waals surface area contributed by atoms with E-state index in [0.717, 1.165) is 12.1 Å². The molecule has 0 spiro atoms. The summed E-state index contributed by atoms with van der Waals surface area (Å²) in [5.74, 6) is 0. The fourth-order valence-electron chi connectivity index (χ4n) is 4.17. The molecule has 2 heteroatoms. The molecule has 0 saturated carbocycles. The molecule has 0 aliphatic heterocycles. The molecule has 114 valence electrons. The van der Waals surface area contributed by atoms with E-state index in [1.165, 1.54) is 16.7 Å². The third kappa shape index (κ3) is 1.76. The topological polar surface area (TPSA) is 12.9 Å². The maximum absolute atomic E-state index is 4.80. The van der Waals surface area contributed by atoms with Gasteiger partial charge in [0.25, 0.3) is 0 Å². The second-order valence-corrected chi connectivity index (χ2v) is 7.92. The Balaban J connectivity index is 2.23. The van der Waals surface area contributed by atoms with Crippen LogP contribution in [0.2, 0.25) is 0 Å². The van der Waals surface area contributed by atoms with Crippen LogP contribution >= 0.6 is 0 Å². The van der Waals surface area contributed by atoms with E-state index < -0.39 is 0 Å². The number of rotatable bonds is 2. The van der Waals surface area contributed by atoms with E-state index in [-0.39, 0.29) is 16.1 Å². The molecule has 1 aromatic carbocycles. The number of fused-ring (bicyclic) bond motifs is 1. The Morgan fingerprint density at radius 2 is 1.64 bits per heavy atom. The molecule has 3 rings (SSSR count). The van der Waals surface area contributed by atoms with Crippen molar-refractivity contribution in [3.63, 3.8) is 0 Å². The normalized spacial score (nSPS) is 29.3. The van der Waals surface area contributed by atoms with Gasteiger partial charge in [0, 0.05) is 11.8 Å². The summed E-state index contributed by atoms with van der Waals surface area (Å²) in [6.45, 7) is 11.9. The molecule has 22 heavy (non-hydrogen) atoms. The maximum atomic E-state index is 4.80. The van der Waals surface area contributed by atoms with Crippen LogP contribution < -0.4 is 0 Å². The Bertz CT molecular complexity index is 703. The van der Waals surface area contributed by atoms with Crippen molar-refractivity contribution in [1.82, 2.24) is 4.98 Å². The molecule has 0 saturated heterocycles. The molecular weight excluding hydrogens is 265 g/mol. The van der Waals surface area contributed by atoms with Crippen molar-refractivity contribution in [2.45, 2.75) is 51.8 Å². The lowest BCUT2D eigenvalue weighted by molar-refractivity contribution is 0.144. The van der Waals surface area contributed by atoms with Gasteiger partial charge in [-0.25, -0.2) is 0 Å². The Morgan fingerprint density at radius 3 is 2.23 bits per heavy atom. The molecule has 1 nitrogen and oxygen atoms in total. The highest BCUT2D eigenvalue weighted by molar-refractivity contribution is 6.17. The van der Waals surface area contributed by atoms with E-state index in [2.05, 4.69) is 85.1 Å². The summed E-state index contributed by atoms with van der Waals surface area (Å²) in [7, 11) is 2.39. The summed E-state index contributed by atoms with van der Waals surface area (Å²) in [5, 5.41) is 0.138. The van der Waals surface area contributed by atoms with Crippen molar-refractivity contribution in [2.24, 2.45) is 5.41 Å². The van der Waals surface area contributed by atoms with E-state index in [1.54, 1.807) is 0 Å². The first-order chi connectivity index (χ1) is 10.3. The number of pyridine rings is 1. The summed E-state index contributed by atoms with van der Waals surface area (Å²) < 4.78 is 0. The van der Waals surface area contributed by atoms with Crippen LogP contribution in [0.5, 0.6) is 0 Å². The Hall–Kier alpha value is -1.57. The van der Waals surface area contributed by atoms with Gasteiger partial charge in [0.05, 0.1) is 5.69 Å². The van der Waals surface area contributed by atoms with Gasteiger partial charge in [-0.05, 0) is 39.8 Å². The zero-order valence-corrected chi connectivity index (χ0v) is 14.7. The fourth-order valence-corrected chi connectivity index (χ4v) is 4.17. The lowest BCUT2D eigenvalue weighted by atomic mass is 9.49. The van der Waals surface area contributed by atoms with E-state index in [4.69, 9.17) is 4.98 Å². The van der Waals surface area contributed by atoms with Crippen LogP contribution in [-0.4, -0.2) is 12.8 Å². The molecule has 1 aliphatic carbocycles. The molecule has 0 N–H and O–H groups in total. The van der Waals surface area contributed by atoms with Crippen molar-refractivity contribution < 1.29 is 0 Å². The quantitative estimate of drug-likeness (QED) is 0.752. The van der Waals surface area contributed by atoms with Crippen molar-refractivity contribution in [1.29, 1.82) is 0 Å². The molecule has 2 atom stereocenters. The first-order valence-electron chi connectivity index (χ1n) is 8.32. The molecule has 1 aromatic heterocycles. The van der Waals surface area contributed by atoms with Crippen LogP contribution in [0, 0.1) is 5.41 Å². The second-order valence-electron chi connectivity index (χ2n) is 7.92. The molecular formula is C20H26BN. The molecule has 0 fully saturated rings. The minimum absolute atomic E-state index is 0.138. The fraction of sp³-hybridized carbons (Fsp3) is 0.450. The van der Waals surface area contributed by atoms with Gasteiger partial charge in [-0.3, -0.25) is 4.98 Å². The van der Waals surface area contributed by atoms with Gasteiger partial charge in [0.2, 0.25) is 0 Å². The number of benzene rings is 1. The number of hydrogen-bond donors (Lipinski definition) is 0. The number of hydrogen-bond acceptors (Lipinski definition) is 1. The van der Waals surface area contributed by atoms with E-state index >= 15 is 0 Å². The Labute approximate surface area is 135 Å². The zero-order chi connectivity index (χ0) is 16.2. The average Bonchev–Trinajstić information content (AvgIpc) is 2.64. The van der Waals surface area contributed by atoms with Gasteiger partial charge in [-0.1, -0.05) is 65.0 Å². The van der Waals surface area contributed by atoms with Crippen molar-refractivity contribution >= 4 is 7.85 Å². The molecule has 0 amide bonds. The summed E-state index contributed by atoms with van der Waals surface area (Å²) in [5.41, 5.74) is 5.57. The minimum atomic E-state index is 0.138. The van der Waals surface area contributed by atoms with Gasteiger partial charge in [0.1, 0.15) is 7.85 Å². The highest BCUT2D eigenvalue weighted by Crippen LogP contribution is 2.61. The smallest absolute Gasteiger partial charge is 0.115 e. The highest BCUT2D eigenvalue weighted by Gasteiger charge is 2.58. The second kappa shape index (κ2) is 4.71. The van der Waals surface area contributed by atoms with Crippen molar-refractivity contribution in [3.8, 4) is 11.3 Å². The van der Waals surface area contributed by atoms with Gasteiger partial charge < -0.3 is 0 Å². The lowest BCUT2D eigenvalue weighted by Crippen LogP contribution is -2.45. The van der Waals surface area contributed by atoms with Crippen LogP contribution in [-0.2, 0) is 10.7 Å². The van der Waals surface area contributed by atoms with Gasteiger partial charge >= 0.3 is 0 Å². The van der Waals surface area contributed by atoms with Crippen LogP contribution in [0.1, 0.15) is 52.2 Å². The predicted molar refractivity (Wildman–Crippen MR) is 97.0 cm³/mol. The monoisotopic (exact) mass is 291 g/mol. The predicted octanol–water partition coefficient (Wildman–Crippen LogP) is 4.30. The number of aromatic nitrogens is 1. The summed E-state index contributed by atoms with van der Waals surface area (Å²) in [6, 6.07) is 12.8. The van der Waals surface area contributed by atoms with Gasteiger partial charge in [-0.2, -0.15) is 0 Å². The van der Waals surface area contributed by atoms with Crippen LogP contribution in [0.15, 0.2) is 42.6 Å². The maximum Gasteiger partial charge on any atom is 0.115 e. The van der Waals surface area contributed by atoms with E-state index in [1.807, 2.05) is 0 Å². The zero-order valence-electron chi connectivity index (χ0n) is 14.7. The van der Waals surface area contributed by atoms with Crippen LogP contribution in [0.25, 0.3) is 11.3 Å². The standard InChI is InChI=1S/C20H26BN/c1-6-19(4)16-13-22-17(14-10-8-7-9-11-14)12-15(16)20(5,21)18(19,2)3/h7-13H,6,21H2,1-5H3. The third-order valence-corrected chi connectivity index (χ3v) is 6.89. The van der Waals surface area contributed by atoms with Crippen LogP contribution in [0.4, 0.5) is 0 Å². The third-order valence-electron chi connectivity index (χ3n) is 6.89. The summed E-state index contributed by atoms with van der Waals surface area (Å²) >= 11 is 0. The minimum Gasteiger partial charge on any atom is -0.256 e. The molecule has 1 aliphatic rings. The highest BCUT2D eigenvalue weighted by atomic mass is 14.7. The molecule has 2 aromatic rings. The first-order valence-corrected chi connectivity index (χ1v) is 8.32. The Morgan fingerprint density at radius 1 is 1.00 bits per heavy atom. The summed E-state index contributed by atoms with van der Waals surface area (Å²) in [4.78, 5) is 4.80. The Kier molecular flexibility index (Phi) is 3.29. The number of nitrogens with zero attached hydrogens (tertiary/aromatic N) is 1. The summed E-state index contributed by atoms with van der Waals surface area (Å²) in [6.07, 6.45) is 3.28. The van der Waals surface area contributed by atoms with Crippen molar-refractivity contribution in [2.75, 3.05) is 0 Å². The van der Waals surface area contributed by atoms with Crippen molar-refractivity contribution in [3.05, 3.63) is 53.7 Å². The first kappa shape index (κ1) is 15.3. The molecule has 1 heterocycles. The molecule has 0 radical (unpaired) electrons. The average molecular weight is 291 g/mol. The SMILES string of the molecule is BC1(C)c2cc(-c3ccccc3)ncc2C(C)(CC)C1(C)C. The van der Waals surface area contributed by atoms with Gasteiger partial charge in [0.15, 0.2) is 0 Å². The van der Waals surface area contributed by atoms with E-state index in [9.17, 15) is 0 Å². The largest absolute Gasteiger partial charge is 0.256 e. The van der Waals surface area contributed by atoms with Gasteiger partial charge in [-0.15, -0.1) is 0 Å². The molecule has 0 bridgehead atoms. The van der Waals surface area contributed by atoms with Crippen LogP contribution in [0.3, 0.4) is 0 Å².